The van der Waals surface area contributed by atoms with Gasteiger partial charge in [0.15, 0.2) is 0 Å². The number of aryl methyl sites for hydroxylation is 1. The van der Waals surface area contributed by atoms with E-state index in [0.717, 1.165) is 16.9 Å². The summed E-state index contributed by atoms with van der Waals surface area (Å²) >= 11 is 3.23. The predicted molar refractivity (Wildman–Crippen MR) is 87.6 cm³/mol. The fourth-order valence-electron chi connectivity index (χ4n) is 2.23. The van der Waals surface area contributed by atoms with Gasteiger partial charge in [0, 0.05) is 23.6 Å². The minimum Gasteiger partial charge on any atom is -0.496 e. The Morgan fingerprint density at radius 2 is 2.00 bits per heavy atom. The Labute approximate surface area is 137 Å². The molecule has 0 aliphatic heterocycles. The van der Waals surface area contributed by atoms with Crippen LogP contribution in [0.3, 0.4) is 0 Å². The number of halogens is 2. The number of benzene rings is 2. The normalized spacial score (nSPS) is 10.4. The second-order valence-electron chi connectivity index (χ2n) is 5.10. The molecule has 0 aliphatic rings. The van der Waals surface area contributed by atoms with Crippen LogP contribution < -0.4 is 4.74 Å². The number of carbonyl (C=O) groups is 1. The van der Waals surface area contributed by atoms with Crippen molar-refractivity contribution in [3.05, 3.63) is 63.4 Å². The minimum atomic E-state index is -0.383. The lowest BCUT2D eigenvalue weighted by molar-refractivity contribution is 0.0783. The molecule has 0 aliphatic carbocycles. The quantitative estimate of drug-likeness (QED) is 0.813. The summed E-state index contributed by atoms with van der Waals surface area (Å²) < 4.78 is 18.9. The molecule has 2 aromatic rings. The molecule has 0 atom stereocenters. The third-order valence-electron chi connectivity index (χ3n) is 3.35. The Morgan fingerprint density at radius 3 is 2.64 bits per heavy atom. The summed E-state index contributed by atoms with van der Waals surface area (Å²) in [6.07, 6.45) is 0. The molecule has 0 unspecified atom stereocenters. The van der Waals surface area contributed by atoms with E-state index >= 15 is 0 Å². The van der Waals surface area contributed by atoms with E-state index in [2.05, 4.69) is 15.9 Å². The van der Waals surface area contributed by atoms with E-state index in [1.807, 2.05) is 25.1 Å². The van der Waals surface area contributed by atoms with Crippen LogP contribution >= 0.6 is 15.9 Å². The van der Waals surface area contributed by atoms with Gasteiger partial charge in [0.05, 0.1) is 12.7 Å². The largest absolute Gasteiger partial charge is 0.496 e. The van der Waals surface area contributed by atoms with E-state index in [9.17, 15) is 9.18 Å². The van der Waals surface area contributed by atoms with Crippen molar-refractivity contribution >= 4 is 21.8 Å². The van der Waals surface area contributed by atoms with Crippen LogP contribution in [-0.2, 0) is 6.54 Å². The van der Waals surface area contributed by atoms with Gasteiger partial charge in [-0.1, -0.05) is 17.7 Å². The number of ether oxygens (including phenoxy) is 1. The van der Waals surface area contributed by atoms with Gasteiger partial charge in [0.2, 0.25) is 0 Å². The zero-order valence-corrected chi connectivity index (χ0v) is 14.3. The van der Waals surface area contributed by atoms with Gasteiger partial charge in [-0.3, -0.25) is 4.79 Å². The van der Waals surface area contributed by atoms with Crippen LogP contribution in [0.15, 0.2) is 40.9 Å². The number of methoxy groups -OCH3 is 1. The lowest BCUT2D eigenvalue weighted by Gasteiger charge is -2.20. The van der Waals surface area contributed by atoms with Crippen LogP contribution in [0.4, 0.5) is 4.39 Å². The minimum absolute atomic E-state index is 0.185. The summed E-state index contributed by atoms with van der Waals surface area (Å²) in [5.41, 5.74) is 2.45. The Hall–Kier alpha value is -1.88. The monoisotopic (exact) mass is 365 g/mol. The van der Waals surface area contributed by atoms with Crippen LogP contribution in [-0.4, -0.2) is 25.0 Å². The summed E-state index contributed by atoms with van der Waals surface area (Å²) in [5, 5.41) is 0. The molecule has 0 radical (unpaired) electrons. The smallest absolute Gasteiger partial charge is 0.255 e. The van der Waals surface area contributed by atoms with Crippen LogP contribution in [0.1, 0.15) is 21.5 Å². The van der Waals surface area contributed by atoms with Gasteiger partial charge >= 0.3 is 0 Å². The van der Waals surface area contributed by atoms with E-state index in [-0.39, 0.29) is 11.7 Å². The molecule has 0 spiro atoms. The molecular formula is C17H17BrFNO2. The average Bonchev–Trinajstić information content (AvgIpc) is 2.47. The number of rotatable bonds is 4. The second kappa shape index (κ2) is 6.92. The molecule has 5 heteroatoms. The van der Waals surface area contributed by atoms with Crippen molar-refractivity contribution in [2.45, 2.75) is 13.5 Å². The number of nitrogens with zero attached hydrogens (tertiary/aromatic N) is 1. The van der Waals surface area contributed by atoms with Gasteiger partial charge in [-0.05, 0) is 47.1 Å². The first-order valence-electron chi connectivity index (χ1n) is 6.76. The SMILES string of the molecule is COc1ccc(C)cc1CN(C)C(=O)c1ccc(F)cc1Br. The average molecular weight is 366 g/mol. The van der Waals surface area contributed by atoms with Crippen molar-refractivity contribution in [2.75, 3.05) is 14.2 Å². The highest BCUT2D eigenvalue weighted by atomic mass is 79.9. The summed E-state index contributed by atoms with van der Waals surface area (Å²) in [7, 11) is 3.31. The van der Waals surface area contributed by atoms with Crippen molar-refractivity contribution in [2.24, 2.45) is 0 Å². The summed E-state index contributed by atoms with van der Waals surface area (Å²) in [5.74, 6) is 0.172. The van der Waals surface area contributed by atoms with E-state index in [4.69, 9.17) is 4.74 Å². The van der Waals surface area contributed by atoms with E-state index in [1.54, 1.807) is 19.1 Å². The van der Waals surface area contributed by atoms with Gasteiger partial charge < -0.3 is 9.64 Å². The molecule has 0 saturated carbocycles. The van der Waals surface area contributed by atoms with Crippen LogP contribution in [0.5, 0.6) is 5.75 Å². The predicted octanol–water partition coefficient (Wildman–Crippen LogP) is 4.18. The van der Waals surface area contributed by atoms with Crippen molar-refractivity contribution < 1.29 is 13.9 Å². The first kappa shape index (κ1) is 16.5. The van der Waals surface area contributed by atoms with Crippen molar-refractivity contribution in [1.82, 2.24) is 4.90 Å². The summed E-state index contributed by atoms with van der Waals surface area (Å²) in [6.45, 7) is 2.40. The lowest BCUT2D eigenvalue weighted by Crippen LogP contribution is -2.26. The molecule has 116 valence electrons. The Balaban J connectivity index is 2.23. The Kier molecular flexibility index (Phi) is 5.19. The number of carbonyl (C=O) groups excluding carboxylic acids is 1. The molecule has 0 heterocycles. The van der Waals surface area contributed by atoms with Gasteiger partial charge in [0.1, 0.15) is 11.6 Å². The molecule has 3 nitrogen and oxygen atoms in total. The molecule has 0 saturated heterocycles. The third-order valence-corrected chi connectivity index (χ3v) is 4.01. The summed E-state index contributed by atoms with van der Waals surface area (Å²) in [4.78, 5) is 14.1. The van der Waals surface area contributed by atoms with Crippen LogP contribution in [0.25, 0.3) is 0 Å². The molecular weight excluding hydrogens is 349 g/mol. The molecule has 0 N–H and O–H groups in total. The highest BCUT2D eigenvalue weighted by molar-refractivity contribution is 9.10. The zero-order chi connectivity index (χ0) is 16.3. The lowest BCUT2D eigenvalue weighted by atomic mass is 10.1. The third kappa shape index (κ3) is 3.65. The van der Waals surface area contributed by atoms with Crippen LogP contribution in [0, 0.1) is 12.7 Å². The molecule has 0 bridgehead atoms. The second-order valence-corrected chi connectivity index (χ2v) is 5.96. The van der Waals surface area contributed by atoms with Gasteiger partial charge in [-0.2, -0.15) is 0 Å². The molecule has 1 amide bonds. The number of hydrogen-bond donors (Lipinski definition) is 0. The summed E-state index contributed by atoms with van der Waals surface area (Å²) in [6, 6.07) is 9.87. The highest BCUT2D eigenvalue weighted by Crippen LogP contribution is 2.23. The van der Waals surface area contributed by atoms with Crippen molar-refractivity contribution in [3.8, 4) is 5.75 Å². The fraction of sp³-hybridized carbons (Fsp3) is 0.235. The van der Waals surface area contributed by atoms with E-state index in [1.165, 1.54) is 18.2 Å². The topological polar surface area (TPSA) is 29.5 Å². The van der Waals surface area contributed by atoms with Gasteiger partial charge in [-0.15, -0.1) is 0 Å². The maximum Gasteiger partial charge on any atom is 0.255 e. The first-order valence-corrected chi connectivity index (χ1v) is 7.55. The molecule has 2 aromatic carbocycles. The zero-order valence-electron chi connectivity index (χ0n) is 12.7. The maximum atomic E-state index is 13.1. The van der Waals surface area contributed by atoms with E-state index < -0.39 is 0 Å². The first-order chi connectivity index (χ1) is 10.4. The Morgan fingerprint density at radius 1 is 1.27 bits per heavy atom. The Bertz CT molecular complexity index is 703. The number of hydrogen-bond acceptors (Lipinski definition) is 2. The van der Waals surface area contributed by atoms with Gasteiger partial charge in [0.25, 0.3) is 5.91 Å². The fourth-order valence-corrected chi connectivity index (χ4v) is 2.75. The molecule has 0 aromatic heterocycles. The molecule has 2 rings (SSSR count). The standard InChI is InChI=1S/C17H17BrFNO2/c1-11-4-7-16(22-3)12(8-11)10-20(2)17(21)14-6-5-13(19)9-15(14)18/h4-9H,10H2,1-3H3. The van der Waals surface area contributed by atoms with Gasteiger partial charge in [-0.25, -0.2) is 4.39 Å². The highest BCUT2D eigenvalue weighted by Gasteiger charge is 2.17. The maximum absolute atomic E-state index is 13.1. The van der Waals surface area contributed by atoms with Crippen LogP contribution in [0.2, 0.25) is 0 Å². The van der Waals surface area contributed by atoms with Crippen molar-refractivity contribution in [1.29, 1.82) is 0 Å². The molecule has 0 fully saturated rings. The molecule has 22 heavy (non-hydrogen) atoms. The number of amides is 1. The van der Waals surface area contributed by atoms with Crippen molar-refractivity contribution in [3.63, 3.8) is 0 Å². The van der Waals surface area contributed by atoms with E-state index in [0.29, 0.717) is 16.6 Å².